The summed E-state index contributed by atoms with van der Waals surface area (Å²) in [5.74, 6) is -0.919. The molecule has 0 aromatic heterocycles. The lowest BCUT2D eigenvalue weighted by Crippen LogP contribution is -2.23. The first-order chi connectivity index (χ1) is 15.7. The van der Waals surface area contributed by atoms with Gasteiger partial charge in [-0.2, -0.15) is 0 Å². The van der Waals surface area contributed by atoms with Crippen LogP contribution in [0.5, 0.6) is 0 Å². The standard InChI is InChI=1S/C27H28N2O4/c1-27(2,3)22-14-12-19(13-15-22)24(30)28-17-18-8-10-20(11-9-18)25(31)29-23-7-5-6-21(16-23)26(32)33-4/h5-16H,17H2,1-4H3,(H,28,30)(H,29,31). The molecule has 0 aliphatic carbocycles. The average Bonchev–Trinajstić information content (AvgIpc) is 2.82. The van der Waals surface area contributed by atoms with Crippen LogP contribution in [0, 0.1) is 0 Å². The summed E-state index contributed by atoms with van der Waals surface area (Å²) in [6, 6.07) is 21.1. The van der Waals surface area contributed by atoms with E-state index in [1.54, 1.807) is 48.5 Å². The average molecular weight is 445 g/mol. The van der Waals surface area contributed by atoms with Gasteiger partial charge in [-0.3, -0.25) is 9.59 Å². The van der Waals surface area contributed by atoms with Crippen LogP contribution in [0.4, 0.5) is 5.69 Å². The van der Waals surface area contributed by atoms with Crippen molar-refractivity contribution in [3.05, 3.63) is 101 Å². The fourth-order valence-electron chi connectivity index (χ4n) is 3.23. The highest BCUT2D eigenvalue weighted by Gasteiger charge is 2.14. The summed E-state index contributed by atoms with van der Waals surface area (Å²) in [6.45, 7) is 6.74. The van der Waals surface area contributed by atoms with E-state index < -0.39 is 5.97 Å². The van der Waals surface area contributed by atoms with Gasteiger partial charge in [-0.1, -0.05) is 51.1 Å². The molecule has 3 rings (SSSR count). The van der Waals surface area contributed by atoms with Gasteiger partial charge in [-0.25, -0.2) is 4.79 Å². The Morgan fingerprint density at radius 1 is 0.788 bits per heavy atom. The smallest absolute Gasteiger partial charge is 0.337 e. The maximum absolute atomic E-state index is 12.5. The number of ether oxygens (including phenoxy) is 1. The maximum atomic E-state index is 12.5. The number of methoxy groups -OCH3 is 1. The van der Waals surface area contributed by atoms with Crippen molar-refractivity contribution in [2.75, 3.05) is 12.4 Å². The molecule has 0 aliphatic rings. The molecule has 0 saturated carbocycles. The summed E-state index contributed by atoms with van der Waals surface area (Å²) in [6.07, 6.45) is 0. The second-order valence-electron chi connectivity index (χ2n) is 8.73. The Bertz CT molecular complexity index is 1140. The van der Waals surface area contributed by atoms with Crippen molar-refractivity contribution >= 4 is 23.5 Å². The number of esters is 1. The summed E-state index contributed by atoms with van der Waals surface area (Å²) in [7, 11) is 1.31. The van der Waals surface area contributed by atoms with Gasteiger partial charge in [-0.15, -0.1) is 0 Å². The predicted octanol–water partition coefficient (Wildman–Crippen LogP) is 4.95. The van der Waals surface area contributed by atoms with Gasteiger partial charge < -0.3 is 15.4 Å². The summed E-state index contributed by atoms with van der Waals surface area (Å²) < 4.78 is 4.70. The van der Waals surface area contributed by atoms with E-state index in [2.05, 4.69) is 31.4 Å². The zero-order valence-electron chi connectivity index (χ0n) is 19.3. The first-order valence-electron chi connectivity index (χ1n) is 10.6. The molecule has 2 N–H and O–H groups in total. The van der Waals surface area contributed by atoms with Gasteiger partial charge in [0.1, 0.15) is 0 Å². The third-order valence-corrected chi connectivity index (χ3v) is 5.22. The number of hydrogen-bond acceptors (Lipinski definition) is 4. The highest BCUT2D eigenvalue weighted by atomic mass is 16.5. The Morgan fingerprint density at radius 3 is 2.00 bits per heavy atom. The van der Waals surface area contributed by atoms with E-state index in [1.165, 1.54) is 12.7 Å². The molecule has 33 heavy (non-hydrogen) atoms. The molecule has 0 bridgehead atoms. The summed E-state index contributed by atoms with van der Waals surface area (Å²) in [5.41, 5.74) is 4.00. The highest BCUT2D eigenvalue weighted by molar-refractivity contribution is 6.04. The third-order valence-electron chi connectivity index (χ3n) is 5.22. The molecule has 6 heteroatoms. The van der Waals surface area contributed by atoms with E-state index in [4.69, 9.17) is 4.74 Å². The summed E-state index contributed by atoms with van der Waals surface area (Å²) >= 11 is 0. The van der Waals surface area contributed by atoms with E-state index in [9.17, 15) is 14.4 Å². The lowest BCUT2D eigenvalue weighted by Gasteiger charge is -2.19. The number of rotatable bonds is 6. The van der Waals surface area contributed by atoms with Crippen LogP contribution in [0.15, 0.2) is 72.8 Å². The minimum absolute atomic E-state index is 0.0349. The number of carbonyl (C=O) groups excluding carboxylic acids is 3. The minimum Gasteiger partial charge on any atom is -0.465 e. The van der Waals surface area contributed by atoms with Gasteiger partial charge in [0.2, 0.25) is 0 Å². The van der Waals surface area contributed by atoms with Crippen molar-refractivity contribution in [1.29, 1.82) is 0 Å². The van der Waals surface area contributed by atoms with Crippen LogP contribution in [-0.4, -0.2) is 24.9 Å². The molecule has 0 saturated heterocycles. The van der Waals surface area contributed by atoms with Gasteiger partial charge >= 0.3 is 5.97 Å². The Morgan fingerprint density at radius 2 is 1.39 bits per heavy atom. The molecular formula is C27H28N2O4. The molecule has 0 atom stereocenters. The van der Waals surface area contributed by atoms with Gasteiger partial charge in [0, 0.05) is 23.4 Å². The first-order valence-corrected chi connectivity index (χ1v) is 10.6. The number of hydrogen-bond donors (Lipinski definition) is 2. The minimum atomic E-state index is -0.470. The van der Waals surface area contributed by atoms with Gasteiger partial charge in [0.25, 0.3) is 11.8 Å². The summed E-state index contributed by atoms with van der Waals surface area (Å²) in [5, 5.41) is 5.67. The van der Waals surface area contributed by atoms with Crippen molar-refractivity contribution in [1.82, 2.24) is 5.32 Å². The zero-order valence-corrected chi connectivity index (χ0v) is 19.3. The topological polar surface area (TPSA) is 84.5 Å². The predicted molar refractivity (Wildman–Crippen MR) is 128 cm³/mol. The molecule has 6 nitrogen and oxygen atoms in total. The Balaban J connectivity index is 1.57. The van der Waals surface area contributed by atoms with Crippen molar-refractivity contribution in [3.8, 4) is 0 Å². The van der Waals surface area contributed by atoms with Crippen LogP contribution in [-0.2, 0) is 16.7 Å². The van der Waals surface area contributed by atoms with Crippen LogP contribution in [0.2, 0.25) is 0 Å². The number of amides is 2. The van der Waals surface area contributed by atoms with Crippen molar-refractivity contribution in [2.24, 2.45) is 0 Å². The fraction of sp³-hybridized carbons (Fsp3) is 0.222. The van der Waals surface area contributed by atoms with Crippen molar-refractivity contribution < 1.29 is 19.1 Å². The molecule has 3 aromatic carbocycles. The van der Waals surface area contributed by atoms with E-state index in [0.717, 1.165) is 5.56 Å². The number of nitrogens with one attached hydrogen (secondary N) is 2. The molecule has 2 amide bonds. The first kappa shape index (κ1) is 23.7. The zero-order chi connectivity index (χ0) is 24.0. The van der Waals surface area contributed by atoms with Crippen LogP contribution in [0.1, 0.15) is 63.0 Å². The molecule has 0 radical (unpaired) electrons. The third kappa shape index (κ3) is 6.29. The van der Waals surface area contributed by atoms with Crippen molar-refractivity contribution in [2.45, 2.75) is 32.7 Å². The molecule has 170 valence electrons. The monoisotopic (exact) mass is 444 g/mol. The second-order valence-corrected chi connectivity index (χ2v) is 8.73. The van der Waals surface area contributed by atoms with Crippen LogP contribution >= 0.6 is 0 Å². The molecule has 0 unspecified atom stereocenters. The largest absolute Gasteiger partial charge is 0.465 e. The van der Waals surface area contributed by atoms with Crippen LogP contribution < -0.4 is 10.6 Å². The van der Waals surface area contributed by atoms with E-state index in [-0.39, 0.29) is 17.2 Å². The van der Waals surface area contributed by atoms with E-state index >= 15 is 0 Å². The van der Waals surface area contributed by atoms with E-state index in [0.29, 0.717) is 28.9 Å². The maximum Gasteiger partial charge on any atom is 0.337 e. The number of anilines is 1. The van der Waals surface area contributed by atoms with Crippen molar-refractivity contribution in [3.63, 3.8) is 0 Å². The molecule has 0 heterocycles. The van der Waals surface area contributed by atoms with Gasteiger partial charge in [0.05, 0.1) is 12.7 Å². The molecule has 3 aromatic rings. The van der Waals surface area contributed by atoms with Crippen LogP contribution in [0.3, 0.4) is 0 Å². The normalized spacial score (nSPS) is 10.9. The summed E-state index contributed by atoms with van der Waals surface area (Å²) in [4.78, 5) is 36.6. The quantitative estimate of drug-likeness (QED) is 0.527. The van der Waals surface area contributed by atoms with Gasteiger partial charge in [0.15, 0.2) is 0 Å². The second kappa shape index (κ2) is 10.1. The number of benzene rings is 3. The lowest BCUT2D eigenvalue weighted by atomic mass is 9.87. The Kier molecular flexibility index (Phi) is 7.28. The molecule has 0 aliphatic heterocycles. The van der Waals surface area contributed by atoms with Crippen LogP contribution in [0.25, 0.3) is 0 Å². The molecule has 0 fully saturated rings. The highest BCUT2D eigenvalue weighted by Crippen LogP contribution is 2.22. The Hall–Kier alpha value is -3.93. The Labute approximate surface area is 194 Å². The fourth-order valence-corrected chi connectivity index (χ4v) is 3.23. The van der Waals surface area contributed by atoms with Gasteiger partial charge in [-0.05, 0) is 59.0 Å². The lowest BCUT2D eigenvalue weighted by molar-refractivity contribution is 0.0600. The molecule has 0 spiro atoms. The number of carbonyl (C=O) groups is 3. The molecular weight excluding hydrogens is 416 g/mol. The van der Waals surface area contributed by atoms with E-state index in [1.807, 2.05) is 24.3 Å². The SMILES string of the molecule is COC(=O)c1cccc(NC(=O)c2ccc(CNC(=O)c3ccc(C(C)(C)C)cc3)cc2)c1.